The Morgan fingerprint density at radius 3 is 2.60 bits per heavy atom. The molecule has 1 aromatic carbocycles. The SMILES string of the molecule is O=C1CN(Cc2ccc(CO)cc2)C2CCCCC2N1. The second kappa shape index (κ2) is 5.94. The van der Waals surface area contributed by atoms with Crippen molar-refractivity contribution in [3.05, 3.63) is 35.4 Å². The van der Waals surface area contributed by atoms with Crippen molar-refractivity contribution in [2.24, 2.45) is 0 Å². The summed E-state index contributed by atoms with van der Waals surface area (Å²) in [6, 6.07) is 8.84. The van der Waals surface area contributed by atoms with E-state index in [1.165, 1.54) is 24.8 Å². The van der Waals surface area contributed by atoms with Crippen LogP contribution in [0.1, 0.15) is 36.8 Å². The van der Waals surface area contributed by atoms with Gasteiger partial charge in [0.1, 0.15) is 0 Å². The molecule has 2 N–H and O–H groups in total. The summed E-state index contributed by atoms with van der Waals surface area (Å²) < 4.78 is 0. The summed E-state index contributed by atoms with van der Waals surface area (Å²) in [5.41, 5.74) is 2.14. The first-order valence-electron chi connectivity index (χ1n) is 7.48. The van der Waals surface area contributed by atoms with Crippen LogP contribution in [-0.4, -0.2) is 34.5 Å². The number of piperazine rings is 1. The van der Waals surface area contributed by atoms with Crippen LogP contribution in [0.15, 0.2) is 24.3 Å². The zero-order valence-electron chi connectivity index (χ0n) is 11.7. The van der Waals surface area contributed by atoms with Gasteiger partial charge in [-0.25, -0.2) is 0 Å². The lowest BCUT2D eigenvalue weighted by Gasteiger charge is -2.44. The third kappa shape index (κ3) is 2.86. The van der Waals surface area contributed by atoms with Crippen molar-refractivity contribution in [1.29, 1.82) is 0 Å². The van der Waals surface area contributed by atoms with Crippen LogP contribution in [0.3, 0.4) is 0 Å². The van der Waals surface area contributed by atoms with Crippen molar-refractivity contribution in [2.75, 3.05) is 6.54 Å². The fourth-order valence-electron chi connectivity index (χ4n) is 3.43. The Bertz CT molecular complexity index is 472. The van der Waals surface area contributed by atoms with Gasteiger partial charge in [0.2, 0.25) is 5.91 Å². The number of hydrogen-bond acceptors (Lipinski definition) is 3. The van der Waals surface area contributed by atoms with Crippen LogP contribution >= 0.6 is 0 Å². The summed E-state index contributed by atoms with van der Waals surface area (Å²) in [5, 5.41) is 12.2. The van der Waals surface area contributed by atoms with E-state index in [1.807, 2.05) is 12.1 Å². The Labute approximate surface area is 119 Å². The summed E-state index contributed by atoms with van der Waals surface area (Å²) in [5.74, 6) is 0.153. The molecule has 4 nitrogen and oxygen atoms in total. The van der Waals surface area contributed by atoms with Crippen molar-refractivity contribution in [2.45, 2.75) is 50.9 Å². The maximum Gasteiger partial charge on any atom is 0.234 e. The lowest BCUT2D eigenvalue weighted by Crippen LogP contribution is -2.61. The van der Waals surface area contributed by atoms with E-state index in [2.05, 4.69) is 22.3 Å². The van der Waals surface area contributed by atoms with E-state index < -0.39 is 0 Å². The van der Waals surface area contributed by atoms with Gasteiger partial charge in [-0.15, -0.1) is 0 Å². The molecule has 4 heteroatoms. The van der Waals surface area contributed by atoms with Crippen LogP contribution in [0.4, 0.5) is 0 Å². The molecule has 2 aliphatic rings. The lowest BCUT2D eigenvalue weighted by molar-refractivity contribution is -0.128. The summed E-state index contributed by atoms with van der Waals surface area (Å²) in [4.78, 5) is 14.1. The third-order valence-corrected chi connectivity index (χ3v) is 4.48. The normalized spacial score (nSPS) is 26.9. The molecular weight excluding hydrogens is 252 g/mol. The first kappa shape index (κ1) is 13.6. The van der Waals surface area contributed by atoms with Crippen molar-refractivity contribution in [3.63, 3.8) is 0 Å². The highest BCUT2D eigenvalue weighted by atomic mass is 16.3. The number of amides is 1. The first-order valence-corrected chi connectivity index (χ1v) is 7.48. The highest BCUT2D eigenvalue weighted by Gasteiger charge is 2.36. The molecule has 1 amide bonds. The molecule has 3 rings (SSSR count). The Morgan fingerprint density at radius 2 is 1.85 bits per heavy atom. The van der Waals surface area contributed by atoms with Crippen LogP contribution in [0, 0.1) is 0 Å². The number of carbonyl (C=O) groups excluding carboxylic acids is 1. The Morgan fingerprint density at radius 1 is 1.15 bits per heavy atom. The summed E-state index contributed by atoms with van der Waals surface area (Å²) >= 11 is 0. The minimum atomic E-state index is 0.0805. The van der Waals surface area contributed by atoms with Crippen molar-refractivity contribution in [1.82, 2.24) is 10.2 Å². The van der Waals surface area contributed by atoms with E-state index >= 15 is 0 Å². The highest BCUT2D eigenvalue weighted by Crippen LogP contribution is 2.27. The molecule has 1 aliphatic carbocycles. The molecular formula is C16H22N2O2. The van der Waals surface area contributed by atoms with E-state index in [-0.39, 0.29) is 12.5 Å². The van der Waals surface area contributed by atoms with Crippen LogP contribution in [0.25, 0.3) is 0 Å². The summed E-state index contributed by atoms with van der Waals surface area (Å²) in [6.45, 7) is 1.40. The molecule has 1 aliphatic heterocycles. The van der Waals surface area contributed by atoms with Crippen molar-refractivity contribution < 1.29 is 9.90 Å². The monoisotopic (exact) mass is 274 g/mol. The summed E-state index contributed by atoms with van der Waals surface area (Å²) in [7, 11) is 0. The fraction of sp³-hybridized carbons (Fsp3) is 0.562. The van der Waals surface area contributed by atoms with E-state index in [0.29, 0.717) is 18.6 Å². The van der Waals surface area contributed by atoms with Crippen molar-refractivity contribution >= 4 is 5.91 Å². The van der Waals surface area contributed by atoms with Gasteiger partial charge in [0, 0.05) is 18.6 Å². The average molecular weight is 274 g/mol. The zero-order chi connectivity index (χ0) is 13.9. The van der Waals surface area contributed by atoms with Gasteiger partial charge in [-0.2, -0.15) is 0 Å². The van der Waals surface area contributed by atoms with E-state index in [4.69, 9.17) is 5.11 Å². The average Bonchev–Trinajstić information content (AvgIpc) is 2.48. The maximum atomic E-state index is 11.8. The predicted octanol–water partition coefficient (Wildman–Crippen LogP) is 1.42. The number of rotatable bonds is 3. The molecule has 108 valence electrons. The number of nitrogens with one attached hydrogen (secondary N) is 1. The van der Waals surface area contributed by atoms with Crippen LogP contribution < -0.4 is 5.32 Å². The number of fused-ring (bicyclic) bond motifs is 1. The first-order chi connectivity index (χ1) is 9.76. The molecule has 0 spiro atoms. The Balaban J connectivity index is 1.71. The van der Waals surface area contributed by atoms with Gasteiger partial charge in [-0.1, -0.05) is 37.1 Å². The quantitative estimate of drug-likeness (QED) is 0.876. The largest absolute Gasteiger partial charge is 0.392 e. The number of nitrogens with zero attached hydrogens (tertiary/aromatic N) is 1. The lowest BCUT2D eigenvalue weighted by atomic mass is 9.87. The molecule has 1 heterocycles. The Kier molecular flexibility index (Phi) is 4.03. The molecule has 2 unspecified atom stereocenters. The minimum absolute atomic E-state index is 0.0805. The molecule has 1 saturated heterocycles. The van der Waals surface area contributed by atoms with Gasteiger partial charge in [0.15, 0.2) is 0 Å². The van der Waals surface area contributed by atoms with Crippen LogP contribution in [-0.2, 0) is 17.9 Å². The van der Waals surface area contributed by atoms with Crippen molar-refractivity contribution in [3.8, 4) is 0 Å². The highest BCUT2D eigenvalue weighted by molar-refractivity contribution is 5.79. The van der Waals surface area contributed by atoms with E-state index in [0.717, 1.165) is 18.5 Å². The molecule has 2 fully saturated rings. The van der Waals surface area contributed by atoms with E-state index in [9.17, 15) is 4.79 Å². The van der Waals surface area contributed by atoms with Gasteiger partial charge in [0.25, 0.3) is 0 Å². The molecule has 20 heavy (non-hydrogen) atoms. The standard InChI is InChI=1S/C16H22N2O2/c19-11-13-7-5-12(6-8-13)9-18-10-16(20)17-14-3-1-2-4-15(14)18/h5-8,14-15,19H,1-4,9-11H2,(H,17,20). The maximum absolute atomic E-state index is 11.8. The molecule has 0 aromatic heterocycles. The zero-order valence-corrected chi connectivity index (χ0v) is 11.7. The van der Waals surface area contributed by atoms with E-state index in [1.54, 1.807) is 0 Å². The number of aliphatic hydroxyl groups is 1. The minimum Gasteiger partial charge on any atom is -0.392 e. The van der Waals surface area contributed by atoms with Gasteiger partial charge < -0.3 is 10.4 Å². The molecule has 0 radical (unpaired) electrons. The predicted molar refractivity (Wildman–Crippen MR) is 77.0 cm³/mol. The van der Waals surface area contributed by atoms with Gasteiger partial charge in [0.05, 0.1) is 13.2 Å². The van der Waals surface area contributed by atoms with Crippen LogP contribution in [0.2, 0.25) is 0 Å². The summed E-state index contributed by atoms with van der Waals surface area (Å²) in [6.07, 6.45) is 4.77. The third-order valence-electron chi connectivity index (χ3n) is 4.48. The number of aliphatic hydroxyl groups excluding tert-OH is 1. The second-order valence-corrected chi connectivity index (χ2v) is 5.91. The smallest absolute Gasteiger partial charge is 0.234 e. The number of hydrogen-bond donors (Lipinski definition) is 2. The second-order valence-electron chi connectivity index (χ2n) is 5.91. The molecule has 1 aromatic rings. The topological polar surface area (TPSA) is 52.6 Å². The Hall–Kier alpha value is -1.39. The van der Waals surface area contributed by atoms with Gasteiger partial charge in [-0.05, 0) is 24.0 Å². The number of benzene rings is 1. The molecule has 2 atom stereocenters. The fourth-order valence-corrected chi connectivity index (χ4v) is 3.43. The van der Waals surface area contributed by atoms with Gasteiger partial charge >= 0.3 is 0 Å². The van der Waals surface area contributed by atoms with Crippen LogP contribution in [0.5, 0.6) is 0 Å². The van der Waals surface area contributed by atoms with Gasteiger partial charge in [-0.3, -0.25) is 9.69 Å². The number of carbonyl (C=O) groups is 1. The molecule has 0 bridgehead atoms. The molecule has 1 saturated carbocycles.